The van der Waals surface area contributed by atoms with Gasteiger partial charge in [-0.05, 0) is 17.7 Å². The molecule has 0 atom stereocenters. The van der Waals surface area contributed by atoms with Gasteiger partial charge in [-0.1, -0.05) is 41.4 Å². The van der Waals surface area contributed by atoms with E-state index in [2.05, 4.69) is 15.9 Å². The smallest absolute Gasteiger partial charge is 0.166 e. The van der Waals surface area contributed by atoms with E-state index in [0.29, 0.717) is 5.75 Å². The maximum atomic E-state index is 5.82. The summed E-state index contributed by atoms with van der Waals surface area (Å²) in [6.07, 6.45) is 6.98. The summed E-state index contributed by atoms with van der Waals surface area (Å²) >= 11 is 7.33. The average Bonchev–Trinajstić information content (AvgIpc) is 2.76. The van der Waals surface area contributed by atoms with Crippen LogP contribution in [0.2, 0.25) is 5.02 Å². The molecule has 4 heteroatoms. The minimum absolute atomic E-state index is 0.619. The molecule has 0 aliphatic carbocycles. The van der Waals surface area contributed by atoms with Gasteiger partial charge in [0, 0.05) is 5.02 Å². The van der Waals surface area contributed by atoms with Gasteiger partial charge in [-0.15, -0.1) is 6.42 Å². The third-order valence-corrected chi connectivity index (χ3v) is 3.04. The van der Waals surface area contributed by atoms with Crippen LogP contribution in [-0.4, -0.2) is 15.7 Å². The summed E-state index contributed by atoms with van der Waals surface area (Å²) < 4.78 is 0. The number of aromatic amines is 1. The van der Waals surface area contributed by atoms with E-state index in [1.165, 1.54) is 11.8 Å². The molecule has 0 radical (unpaired) electrons. The number of aromatic nitrogens is 2. The van der Waals surface area contributed by atoms with Crippen molar-refractivity contribution in [1.29, 1.82) is 0 Å². The zero-order chi connectivity index (χ0) is 11.4. The predicted molar refractivity (Wildman–Crippen MR) is 68.6 cm³/mol. The predicted octanol–water partition coefficient (Wildman–Crippen LogP) is 3.46. The first-order valence-electron chi connectivity index (χ1n) is 4.67. The molecule has 0 saturated heterocycles. The fraction of sp³-hybridized carbons (Fsp3) is 0.0833. The number of terminal acetylenes is 1. The van der Waals surface area contributed by atoms with Crippen molar-refractivity contribution >= 4 is 23.4 Å². The standard InChI is InChI=1S/C12H9ClN2S/c1-2-7-16-12-14-8-11(15-12)9-3-5-10(13)6-4-9/h1,3-6,8H,7H2,(H,14,15). The van der Waals surface area contributed by atoms with Crippen LogP contribution in [0.5, 0.6) is 0 Å². The Morgan fingerprint density at radius 2 is 2.12 bits per heavy atom. The quantitative estimate of drug-likeness (QED) is 0.666. The van der Waals surface area contributed by atoms with E-state index in [0.717, 1.165) is 21.4 Å². The van der Waals surface area contributed by atoms with E-state index in [4.69, 9.17) is 18.0 Å². The highest BCUT2D eigenvalue weighted by Crippen LogP contribution is 2.22. The Kier molecular flexibility index (Phi) is 3.55. The number of benzene rings is 1. The number of thioether (sulfide) groups is 1. The fourth-order valence-electron chi connectivity index (χ4n) is 1.26. The Balaban J connectivity index is 2.18. The largest absolute Gasteiger partial charge is 0.333 e. The number of hydrogen-bond acceptors (Lipinski definition) is 2. The molecule has 1 N–H and O–H groups in total. The van der Waals surface area contributed by atoms with E-state index in [1.807, 2.05) is 24.3 Å². The molecule has 0 fully saturated rings. The van der Waals surface area contributed by atoms with Crippen LogP contribution in [0.3, 0.4) is 0 Å². The van der Waals surface area contributed by atoms with Crippen LogP contribution >= 0.6 is 23.4 Å². The first kappa shape index (κ1) is 11.1. The molecule has 0 saturated carbocycles. The summed E-state index contributed by atoms with van der Waals surface area (Å²) in [6, 6.07) is 7.61. The number of imidazole rings is 1. The maximum Gasteiger partial charge on any atom is 0.166 e. The molecule has 2 aromatic rings. The van der Waals surface area contributed by atoms with Crippen LogP contribution in [0, 0.1) is 12.3 Å². The molecular formula is C12H9ClN2S. The highest BCUT2D eigenvalue weighted by atomic mass is 35.5. The topological polar surface area (TPSA) is 28.7 Å². The molecule has 0 unspecified atom stereocenters. The summed E-state index contributed by atoms with van der Waals surface area (Å²) in [6.45, 7) is 0. The van der Waals surface area contributed by atoms with Crippen LogP contribution < -0.4 is 0 Å². The van der Waals surface area contributed by atoms with Crippen molar-refractivity contribution in [2.75, 3.05) is 5.75 Å². The zero-order valence-corrected chi connectivity index (χ0v) is 9.98. The SMILES string of the molecule is C#CCSc1ncc(-c2ccc(Cl)cc2)[nH]1. The Bertz CT molecular complexity index is 511. The summed E-state index contributed by atoms with van der Waals surface area (Å²) in [5.41, 5.74) is 2.03. The van der Waals surface area contributed by atoms with Gasteiger partial charge in [-0.3, -0.25) is 0 Å². The lowest BCUT2D eigenvalue weighted by Crippen LogP contribution is -1.78. The van der Waals surface area contributed by atoms with Crippen LogP contribution in [0.1, 0.15) is 0 Å². The molecule has 0 aliphatic heterocycles. The van der Waals surface area contributed by atoms with E-state index in [9.17, 15) is 0 Å². The van der Waals surface area contributed by atoms with Crippen molar-refractivity contribution in [2.24, 2.45) is 0 Å². The molecule has 1 heterocycles. The molecular weight excluding hydrogens is 240 g/mol. The highest BCUT2D eigenvalue weighted by Gasteiger charge is 2.02. The second kappa shape index (κ2) is 5.11. The second-order valence-corrected chi connectivity index (χ2v) is 4.50. The maximum absolute atomic E-state index is 5.82. The molecule has 2 nitrogen and oxygen atoms in total. The van der Waals surface area contributed by atoms with Gasteiger partial charge in [-0.2, -0.15) is 0 Å². The van der Waals surface area contributed by atoms with Crippen LogP contribution in [0.4, 0.5) is 0 Å². The van der Waals surface area contributed by atoms with Crippen LogP contribution in [0.15, 0.2) is 35.6 Å². The number of nitrogens with one attached hydrogen (secondary N) is 1. The normalized spacial score (nSPS) is 10.0. The third-order valence-electron chi connectivity index (χ3n) is 2.00. The lowest BCUT2D eigenvalue weighted by molar-refractivity contribution is 1.06. The first-order chi connectivity index (χ1) is 7.79. The Morgan fingerprint density at radius 3 is 2.81 bits per heavy atom. The van der Waals surface area contributed by atoms with Gasteiger partial charge in [0.15, 0.2) is 5.16 Å². The molecule has 1 aromatic heterocycles. The van der Waals surface area contributed by atoms with Crippen molar-refractivity contribution in [3.63, 3.8) is 0 Å². The summed E-state index contributed by atoms with van der Waals surface area (Å²) in [7, 11) is 0. The summed E-state index contributed by atoms with van der Waals surface area (Å²) in [4.78, 5) is 7.43. The Labute approximate surface area is 103 Å². The molecule has 0 spiro atoms. The lowest BCUT2D eigenvalue weighted by atomic mass is 10.2. The Morgan fingerprint density at radius 1 is 1.38 bits per heavy atom. The van der Waals surface area contributed by atoms with Gasteiger partial charge in [0.25, 0.3) is 0 Å². The van der Waals surface area contributed by atoms with Crippen molar-refractivity contribution in [1.82, 2.24) is 9.97 Å². The van der Waals surface area contributed by atoms with E-state index >= 15 is 0 Å². The molecule has 0 bridgehead atoms. The number of H-pyrrole nitrogens is 1. The summed E-state index contributed by atoms with van der Waals surface area (Å²) in [5, 5.41) is 1.56. The zero-order valence-electron chi connectivity index (χ0n) is 8.40. The van der Waals surface area contributed by atoms with Gasteiger partial charge in [0.1, 0.15) is 0 Å². The molecule has 80 valence electrons. The summed E-state index contributed by atoms with van der Waals surface area (Å²) in [5.74, 6) is 3.18. The van der Waals surface area contributed by atoms with Gasteiger partial charge in [0.05, 0.1) is 17.6 Å². The minimum Gasteiger partial charge on any atom is -0.333 e. The fourth-order valence-corrected chi connectivity index (χ4v) is 1.92. The molecule has 0 amide bonds. The van der Waals surface area contributed by atoms with Crippen LogP contribution in [0.25, 0.3) is 11.3 Å². The molecule has 1 aromatic carbocycles. The number of rotatable bonds is 3. The van der Waals surface area contributed by atoms with E-state index in [-0.39, 0.29) is 0 Å². The van der Waals surface area contributed by atoms with Crippen molar-refractivity contribution in [2.45, 2.75) is 5.16 Å². The second-order valence-electron chi connectivity index (χ2n) is 3.10. The molecule has 0 aliphatic rings. The number of hydrogen-bond donors (Lipinski definition) is 1. The Hall–Kier alpha value is -1.37. The van der Waals surface area contributed by atoms with E-state index < -0.39 is 0 Å². The molecule has 2 rings (SSSR count). The van der Waals surface area contributed by atoms with Crippen LogP contribution in [-0.2, 0) is 0 Å². The highest BCUT2D eigenvalue weighted by molar-refractivity contribution is 7.99. The minimum atomic E-state index is 0.619. The van der Waals surface area contributed by atoms with Crippen molar-refractivity contribution < 1.29 is 0 Å². The lowest BCUT2D eigenvalue weighted by Gasteiger charge is -1.96. The first-order valence-corrected chi connectivity index (χ1v) is 6.03. The van der Waals surface area contributed by atoms with Gasteiger partial charge < -0.3 is 4.98 Å². The van der Waals surface area contributed by atoms with Crippen molar-refractivity contribution in [3.05, 3.63) is 35.5 Å². The molecule has 16 heavy (non-hydrogen) atoms. The third kappa shape index (κ3) is 2.60. The van der Waals surface area contributed by atoms with Gasteiger partial charge in [-0.25, -0.2) is 4.98 Å². The van der Waals surface area contributed by atoms with Gasteiger partial charge >= 0.3 is 0 Å². The van der Waals surface area contributed by atoms with Gasteiger partial charge in [0.2, 0.25) is 0 Å². The number of nitrogens with zero attached hydrogens (tertiary/aromatic N) is 1. The monoisotopic (exact) mass is 248 g/mol. The average molecular weight is 249 g/mol. The van der Waals surface area contributed by atoms with E-state index in [1.54, 1.807) is 6.20 Å². The van der Waals surface area contributed by atoms with Crippen molar-refractivity contribution in [3.8, 4) is 23.6 Å². The number of halogens is 1.